The van der Waals surface area contributed by atoms with Crippen molar-refractivity contribution in [2.24, 2.45) is 5.92 Å². The molecule has 126 valence electrons. The summed E-state index contributed by atoms with van der Waals surface area (Å²) >= 11 is 1.74. The van der Waals surface area contributed by atoms with Gasteiger partial charge in [-0.25, -0.2) is 4.98 Å². The van der Waals surface area contributed by atoms with Gasteiger partial charge < -0.3 is 4.90 Å². The highest BCUT2D eigenvalue weighted by Gasteiger charge is 2.29. The zero-order valence-electron chi connectivity index (χ0n) is 14.2. The van der Waals surface area contributed by atoms with Crippen molar-refractivity contribution in [1.29, 1.82) is 0 Å². The molecule has 1 amide bonds. The minimum atomic E-state index is 0.0433. The van der Waals surface area contributed by atoms with Gasteiger partial charge in [-0.2, -0.15) is 0 Å². The van der Waals surface area contributed by atoms with E-state index < -0.39 is 0 Å². The van der Waals surface area contributed by atoms with Gasteiger partial charge in [0.05, 0.1) is 5.69 Å². The van der Waals surface area contributed by atoms with Crippen LogP contribution in [0.4, 0.5) is 5.69 Å². The molecule has 0 fully saturated rings. The predicted octanol–water partition coefficient (Wildman–Crippen LogP) is 4.58. The van der Waals surface area contributed by atoms with Crippen molar-refractivity contribution in [2.75, 3.05) is 11.9 Å². The van der Waals surface area contributed by atoms with Crippen molar-refractivity contribution in [3.05, 3.63) is 71.2 Å². The fourth-order valence-electron chi connectivity index (χ4n) is 3.34. The molecule has 1 aliphatic rings. The second-order valence-corrected chi connectivity index (χ2v) is 7.51. The number of amides is 1. The number of thiazole rings is 1. The first-order valence-electron chi connectivity index (χ1n) is 8.59. The lowest BCUT2D eigenvalue weighted by Crippen LogP contribution is -2.35. The number of rotatable bonds is 3. The van der Waals surface area contributed by atoms with E-state index >= 15 is 0 Å². The number of carbonyl (C=O) groups is 1. The molecule has 0 radical (unpaired) electrons. The minimum absolute atomic E-state index is 0.0433. The Morgan fingerprint density at radius 1 is 1.08 bits per heavy atom. The standard InChI is InChI=1S/C21H20N2OS/c1-23(17-10-6-3-7-11-17)21(24)16-12-13-18-19(14-16)25-20(22-18)15-8-4-2-5-9-15/h2-11,16H,12-14H2,1H3. The topological polar surface area (TPSA) is 33.2 Å². The highest BCUT2D eigenvalue weighted by molar-refractivity contribution is 7.15. The van der Waals surface area contributed by atoms with Gasteiger partial charge in [0.15, 0.2) is 0 Å². The van der Waals surface area contributed by atoms with Crippen LogP contribution < -0.4 is 4.90 Å². The van der Waals surface area contributed by atoms with E-state index in [9.17, 15) is 4.79 Å². The average Bonchev–Trinajstić information content (AvgIpc) is 3.11. The summed E-state index contributed by atoms with van der Waals surface area (Å²) in [6.07, 6.45) is 2.56. The Labute approximate surface area is 152 Å². The second kappa shape index (κ2) is 6.81. The lowest BCUT2D eigenvalue weighted by molar-refractivity contribution is -0.122. The van der Waals surface area contributed by atoms with Gasteiger partial charge in [0.25, 0.3) is 0 Å². The Balaban J connectivity index is 1.53. The molecule has 1 atom stereocenters. The third-order valence-electron chi connectivity index (χ3n) is 4.78. The Bertz CT molecular complexity index is 873. The molecule has 3 aromatic rings. The van der Waals surface area contributed by atoms with Crippen molar-refractivity contribution >= 4 is 22.9 Å². The summed E-state index contributed by atoms with van der Waals surface area (Å²) in [5.74, 6) is 0.244. The number of anilines is 1. The number of fused-ring (bicyclic) bond motifs is 1. The number of hydrogen-bond acceptors (Lipinski definition) is 3. The number of aromatic nitrogens is 1. The fraction of sp³-hybridized carbons (Fsp3) is 0.238. The molecule has 0 spiro atoms. The van der Waals surface area contributed by atoms with Gasteiger partial charge in [-0.15, -0.1) is 11.3 Å². The molecular weight excluding hydrogens is 328 g/mol. The zero-order valence-corrected chi connectivity index (χ0v) is 15.0. The Hall–Kier alpha value is -2.46. The van der Waals surface area contributed by atoms with Gasteiger partial charge in [0.2, 0.25) is 5.91 Å². The van der Waals surface area contributed by atoms with Crippen LogP contribution in [0.2, 0.25) is 0 Å². The van der Waals surface area contributed by atoms with Crippen LogP contribution in [0.3, 0.4) is 0 Å². The van der Waals surface area contributed by atoms with Crippen molar-refractivity contribution in [3.8, 4) is 10.6 Å². The van der Waals surface area contributed by atoms with Gasteiger partial charge >= 0.3 is 0 Å². The highest BCUT2D eigenvalue weighted by Crippen LogP contribution is 2.35. The first kappa shape index (κ1) is 16.0. The second-order valence-electron chi connectivity index (χ2n) is 6.43. The SMILES string of the molecule is CN(C(=O)C1CCc2nc(-c3ccccc3)sc2C1)c1ccccc1. The molecule has 0 aliphatic heterocycles. The van der Waals surface area contributed by atoms with Crippen LogP contribution in [0, 0.1) is 5.92 Å². The van der Waals surface area contributed by atoms with E-state index in [1.807, 2.05) is 55.6 Å². The summed E-state index contributed by atoms with van der Waals surface area (Å²) in [5, 5.41) is 1.06. The van der Waals surface area contributed by atoms with Crippen LogP contribution in [0.15, 0.2) is 60.7 Å². The summed E-state index contributed by atoms with van der Waals surface area (Å²) in [4.78, 5) is 20.8. The van der Waals surface area contributed by atoms with Gasteiger partial charge in [-0.3, -0.25) is 4.79 Å². The lowest BCUT2D eigenvalue weighted by atomic mass is 9.90. The number of nitrogens with zero attached hydrogens (tertiary/aromatic N) is 2. The molecule has 2 aromatic carbocycles. The van der Waals surface area contributed by atoms with Crippen molar-refractivity contribution in [2.45, 2.75) is 19.3 Å². The average molecular weight is 348 g/mol. The minimum Gasteiger partial charge on any atom is -0.315 e. The lowest BCUT2D eigenvalue weighted by Gasteiger charge is -2.26. The predicted molar refractivity (Wildman–Crippen MR) is 103 cm³/mol. The molecular formula is C21H20N2OS. The Kier molecular flexibility index (Phi) is 4.36. The van der Waals surface area contributed by atoms with Gasteiger partial charge in [0.1, 0.15) is 5.01 Å². The maximum atomic E-state index is 12.9. The van der Waals surface area contributed by atoms with E-state index in [0.29, 0.717) is 0 Å². The number of para-hydroxylation sites is 1. The van der Waals surface area contributed by atoms with Gasteiger partial charge in [-0.05, 0) is 31.4 Å². The molecule has 0 N–H and O–H groups in total. The van der Waals surface area contributed by atoms with Gasteiger partial charge in [-0.1, -0.05) is 48.5 Å². The Morgan fingerprint density at radius 2 is 1.76 bits per heavy atom. The van der Waals surface area contributed by atoms with Crippen molar-refractivity contribution in [1.82, 2.24) is 4.98 Å². The Morgan fingerprint density at radius 3 is 2.48 bits per heavy atom. The fourth-order valence-corrected chi connectivity index (χ4v) is 4.54. The summed E-state index contributed by atoms with van der Waals surface area (Å²) < 4.78 is 0. The van der Waals surface area contributed by atoms with E-state index in [1.54, 1.807) is 16.2 Å². The summed E-state index contributed by atoms with van der Waals surface area (Å²) in [6.45, 7) is 0. The molecule has 1 heterocycles. The molecule has 0 saturated heterocycles. The normalized spacial score (nSPS) is 16.3. The molecule has 1 unspecified atom stereocenters. The largest absolute Gasteiger partial charge is 0.315 e. The molecule has 25 heavy (non-hydrogen) atoms. The molecule has 1 aromatic heterocycles. The summed E-state index contributed by atoms with van der Waals surface area (Å²) in [7, 11) is 1.87. The van der Waals surface area contributed by atoms with E-state index in [0.717, 1.165) is 35.5 Å². The van der Waals surface area contributed by atoms with Crippen LogP contribution in [0.5, 0.6) is 0 Å². The number of carbonyl (C=O) groups excluding carboxylic acids is 1. The molecule has 3 nitrogen and oxygen atoms in total. The maximum Gasteiger partial charge on any atom is 0.230 e. The van der Waals surface area contributed by atoms with Crippen molar-refractivity contribution < 1.29 is 4.79 Å². The number of benzene rings is 2. The molecule has 4 rings (SSSR count). The molecule has 4 heteroatoms. The van der Waals surface area contributed by atoms with Crippen LogP contribution in [0.1, 0.15) is 17.0 Å². The van der Waals surface area contributed by atoms with Gasteiger partial charge in [0, 0.05) is 29.1 Å². The quantitative estimate of drug-likeness (QED) is 0.694. The van der Waals surface area contributed by atoms with Crippen molar-refractivity contribution in [3.63, 3.8) is 0 Å². The summed E-state index contributed by atoms with van der Waals surface area (Å²) in [6, 6.07) is 20.1. The maximum absolute atomic E-state index is 12.9. The smallest absolute Gasteiger partial charge is 0.230 e. The van der Waals surface area contributed by atoms with E-state index in [4.69, 9.17) is 4.98 Å². The monoisotopic (exact) mass is 348 g/mol. The molecule has 0 saturated carbocycles. The van der Waals surface area contributed by atoms with Crippen LogP contribution in [0.25, 0.3) is 10.6 Å². The highest BCUT2D eigenvalue weighted by atomic mass is 32.1. The zero-order chi connectivity index (χ0) is 17.2. The number of aryl methyl sites for hydroxylation is 1. The third kappa shape index (κ3) is 3.22. The van der Waals surface area contributed by atoms with Crippen LogP contribution in [-0.4, -0.2) is 17.9 Å². The van der Waals surface area contributed by atoms with E-state index in [2.05, 4.69) is 12.1 Å². The van der Waals surface area contributed by atoms with E-state index in [-0.39, 0.29) is 11.8 Å². The van der Waals surface area contributed by atoms with E-state index in [1.165, 1.54) is 10.6 Å². The van der Waals surface area contributed by atoms with Crippen LogP contribution in [-0.2, 0) is 17.6 Å². The third-order valence-corrected chi connectivity index (χ3v) is 5.95. The molecule has 1 aliphatic carbocycles. The molecule has 0 bridgehead atoms. The first-order valence-corrected chi connectivity index (χ1v) is 9.40. The van der Waals surface area contributed by atoms with Crippen LogP contribution >= 0.6 is 11.3 Å². The summed E-state index contributed by atoms with van der Waals surface area (Å²) in [5.41, 5.74) is 3.29. The first-order chi connectivity index (χ1) is 12.2. The number of hydrogen-bond donors (Lipinski definition) is 0.